The summed E-state index contributed by atoms with van der Waals surface area (Å²) in [6.45, 7) is 0. The Labute approximate surface area is 76.6 Å². The first-order valence-corrected chi connectivity index (χ1v) is 4.39. The van der Waals surface area contributed by atoms with Gasteiger partial charge in [-0.25, -0.2) is 0 Å². The maximum atomic E-state index is 9.50. The molecule has 1 fully saturated rings. The summed E-state index contributed by atoms with van der Waals surface area (Å²) in [6.07, 6.45) is 0.568. The second-order valence-corrected chi connectivity index (χ2v) is 3.22. The maximum absolute atomic E-state index is 9.50. The van der Waals surface area contributed by atoms with Gasteiger partial charge in [0.25, 0.3) is 0 Å². The van der Waals surface area contributed by atoms with Gasteiger partial charge in [0.15, 0.2) is 6.29 Å². The Bertz CT molecular complexity index is 298. The number of benzene rings is 1. The lowest BCUT2D eigenvalue weighted by molar-refractivity contribution is -0.0917. The number of phenolic OH excluding ortho intramolecular Hbond substituents is 1. The van der Waals surface area contributed by atoms with Crippen molar-refractivity contribution in [1.82, 2.24) is 0 Å². The van der Waals surface area contributed by atoms with Gasteiger partial charge in [-0.2, -0.15) is 0 Å². The van der Waals surface area contributed by atoms with Crippen LogP contribution in [-0.2, 0) is 4.74 Å². The zero-order valence-corrected chi connectivity index (χ0v) is 7.18. The fourth-order valence-electron chi connectivity index (χ4n) is 1.61. The third-order valence-electron chi connectivity index (χ3n) is 2.28. The molecule has 0 aliphatic carbocycles. The molecule has 1 aliphatic heterocycles. The smallest absolute Gasteiger partial charge is 0.155 e. The molecular weight excluding hydrogens is 168 g/mol. The standard InChI is InChI=1S/C10H12O3/c11-8-4-2-1-3-7(8)9-5-6-10(12)13-9/h1-4,9-12H,5-6H2. The van der Waals surface area contributed by atoms with Gasteiger partial charge in [0, 0.05) is 12.0 Å². The van der Waals surface area contributed by atoms with Crippen LogP contribution < -0.4 is 0 Å². The highest BCUT2D eigenvalue weighted by Gasteiger charge is 2.26. The molecule has 1 saturated heterocycles. The fraction of sp³-hybridized carbons (Fsp3) is 0.400. The van der Waals surface area contributed by atoms with Gasteiger partial charge >= 0.3 is 0 Å². The second-order valence-electron chi connectivity index (χ2n) is 3.22. The minimum atomic E-state index is -0.676. The highest BCUT2D eigenvalue weighted by Crippen LogP contribution is 2.35. The van der Waals surface area contributed by atoms with Crippen LogP contribution in [0.5, 0.6) is 5.75 Å². The van der Waals surface area contributed by atoms with Gasteiger partial charge in [-0.3, -0.25) is 0 Å². The lowest BCUT2D eigenvalue weighted by atomic mass is 10.1. The molecule has 70 valence electrons. The molecule has 2 N–H and O–H groups in total. The van der Waals surface area contributed by atoms with Gasteiger partial charge in [0.1, 0.15) is 5.75 Å². The van der Waals surface area contributed by atoms with Gasteiger partial charge in [-0.1, -0.05) is 18.2 Å². The summed E-state index contributed by atoms with van der Waals surface area (Å²) in [5.74, 6) is 0.238. The van der Waals surface area contributed by atoms with Gasteiger partial charge < -0.3 is 14.9 Å². The van der Waals surface area contributed by atoms with E-state index in [1.165, 1.54) is 0 Å². The molecule has 1 aromatic carbocycles. The first-order chi connectivity index (χ1) is 6.27. The van der Waals surface area contributed by atoms with E-state index in [0.29, 0.717) is 6.42 Å². The van der Waals surface area contributed by atoms with Crippen LogP contribution in [0.3, 0.4) is 0 Å². The SMILES string of the molecule is Oc1ccccc1C1CCC(O)O1. The number of phenols is 1. The van der Waals surface area contributed by atoms with E-state index in [0.717, 1.165) is 12.0 Å². The summed E-state index contributed by atoms with van der Waals surface area (Å²) < 4.78 is 5.22. The molecule has 0 amide bonds. The molecule has 1 aromatic rings. The van der Waals surface area contributed by atoms with Crippen molar-refractivity contribution >= 4 is 0 Å². The molecule has 2 unspecified atom stereocenters. The van der Waals surface area contributed by atoms with Crippen LogP contribution >= 0.6 is 0 Å². The summed E-state index contributed by atoms with van der Waals surface area (Å²) in [5.41, 5.74) is 0.763. The van der Waals surface area contributed by atoms with Crippen LogP contribution in [0.25, 0.3) is 0 Å². The zero-order chi connectivity index (χ0) is 9.26. The molecule has 1 aliphatic rings. The molecule has 2 rings (SSSR count). The normalized spacial score (nSPS) is 27.8. The molecule has 13 heavy (non-hydrogen) atoms. The highest BCUT2D eigenvalue weighted by molar-refractivity contribution is 5.33. The van der Waals surface area contributed by atoms with E-state index >= 15 is 0 Å². The van der Waals surface area contributed by atoms with Gasteiger partial charge in [-0.15, -0.1) is 0 Å². The average Bonchev–Trinajstić information content (AvgIpc) is 2.53. The third kappa shape index (κ3) is 1.66. The number of hydrogen-bond donors (Lipinski definition) is 2. The van der Waals surface area contributed by atoms with E-state index in [1.54, 1.807) is 12.1 Å². The molecule has 0 aromatic heterocycles. The first-order valence-electron chi connectivity index (χ1n) is 4.39. The van der Waals surface area contributed by atoms with Gasteiger partial charge in [0.05, 0.1) is 6.10 Å². The van der Waals surface area contributed by atoms with E-state index in [-0.39, 0.29) is 11.9 Å². The summed E-state index contributed by atoms with van der Waals surface area (Å²) in [7, 11) is 0. The van der Waals surface area contributed by atoms with Crippen molar-refractivity contribution in [2.75, 3.05) is 0 Å². The molecular formula is C10H12O3. The monoisotopic (exact) mass is 180 g/mol. The predicted octanol–water partition coefficient (Wildman–Crippen LogP) is 1.56. The minimum Gasteiger partial charge on any atom is -0.508 e. The van der Waals surface area contributed by atoms with E-state index in [2.05, 4.69) is 0 Å². The second kappa shape index (κ2) is 3.36. The predicted molar refractivity (Wildman–Crippen MR) is 47.2 cm³/mol. The summed E-state index contributed by atoms with van der Waals surface area (Å²) in [4.78, 5) is 0. The maximum Gasteiger partial charge on any atom is 0.155 e. The lowest BCUT2D eigenvalue weighted by Gasteiger charge is -2.11. The van der Waals surface area contributed by atoms with Crippen molar-refractivity contribution in [2.45, 2.75) is 25.2 Å². The zero-order valence-electron chi connectivity index (χ0n) is 7.18. The van der Waals surface area contributed by atoms with Crippen LogP contribution in [0.2, 0.25) is 0 Å². The molecule has 3 nitrogen and oxygen atoms in total. The molecule has 0 saturated carbocycles. The number of rotatable bonds is 1. The number of aliphatic hydroxyl groups excluding tert-OH is 1. The topological polar surface area (TPSA) is 49.7 Å². The largest absolute Gasteiger partial charge is 0.508 e. The molecule has 1 heterocycles. The Morgan fingerprint density at radius 2 is 2.00 bits per heavy atom. The number of para-hydroxylation sites is 1. The van der Waals surface area contributed by atoms with Crippen LogP contribution in [-0.4, -0.2) is 16.5 Å². The van der Waals surface area contributed by atoms with E-state index < -0.39 is 6.29 Å². The van der Waals surface area contributed by atoms with Crippen LogP contribution in [0.4, 0.5) is 0 Å². The Hall–Kier alpha value is -1.06. The minimum absolute atomic E-state index is 0.156. The highest BCUT2D eigenvalue weighted by atomic mass is 16.6. The van der Waals surface area contributed by atoms with Gasteiger partial charge in [-0.05, 0) is 12.5 Å². The number of hydrogen-bond acceptors (Lipinski definition) is 3. The molecule has 0 spiro atoms. The number of ether oxygens (including phenoxy) is 1. The van der Waals surface area contributed by atoms with Crippen LogP contribution in [0.1, 0.15) is 24.5 Å². The van der Waals surface area contributed by atoms with Crippen molar-refractivity contribution in [2.24, 2.45) is 0 Å². The summed E-state index contributed by atoms with van der Waals surface area (Å²) >= 11 is 0. The van der Waals surface area contributed by atoms with Crippen molar-refractivity contribution in [1.29, 1.82) is 0 Å². The first kappa shape index (κ1) is 8.53. The van der Waals surface area contributed by atoms with Crippen molar-refractivity contribution in [3.8, 4) is 5.75 Å². The van der Waals surface area contributed by atoms with Crippen molar-refractivity contribution in [3.63, 3.8) is 0 Å². The average molecular weight is 180 g/mol. The quantitative estimate of drug-likeness (QED) is 0.689. The van der Waals surface area contributed by atoms with E-state index in [4.69, 9.17) is 9.84 Å². The summed E-state index contributed by atoms with van der Waals surface area (Å²) in [5, 5.41) is 18.6. The Morgan fingerprint density at radius 3 is 2.62 bits per heavy atom. The van der Waals surface area contributed by atoms with Crippen molar-refractivity contribution < 1.29 is 14.9 Å². The molecule has 0 radical (unpaired) electrons. The Balaban J connectivity index is 2.21. The number of aromatic hydroxyl groups is 1. The number of aliphatic hydroxyl groups is 1. The van der Waals surface area contributed by atoms with Crippen LogP contribution in [0, 0.1) is 0 Å². The third-order valence-corrected chi connectivity index (χ3v) is 2.28. The molecule has 0 bridgehead atoms. The summed E-state index contributed by atoms with van der Waals surface area (Å²) in [6, 6.07) is 7.06. The Kier molecular flexibility index (Phi) is 2.20. The van der Waals surface area contributed by atoms with Gasteiger partial charge in [0.2, 0.25) is 0 Å². The van der Waals surface area contributed by atoms with E-state index in [1.807, 2.05) is 12.1 Å². The lowest BCUT2D eigenvalue weighted by Crippen LogP contribution is -2.04. The fourth-order valence-corrected chi connectivity index (χ4v) is 1.61. The molecule has 3 heteroatoms. The van der Waals surface area contributed by atoms with Crippen LogP contribution in [0.15, 0.2) is 24.3 Å². The molecule has 2 atom stereocenters. The van der Waals surface area contributed by atoms with E-state index in [9.17, 15) is 5.11 Å². The Morgan fingerprint density at radius 1 is 1.23 bits per heavy atom. The van der Waals surface area contributed by atoms with Crippen molar-refractivity contribution in [3.05, 3.63) is 29.8 Å².